The molecule has 0 fully saturated rings. The Kier molecular flexibility index (Phi) is 5.96. The molecule has 108 valence electrons. The summed E-state index contributed by atoms with van der Waals surface area (Å²) in [7, 11) is -2.04. The summed E-state index contributed by atoms with van der Waals surface area (Å²) in [5.74, 6) is 1.38. The van der Waals surface area contributed by atoms with Crippen molar-refractivity contribution >= 4 is 27.5 Å². The number of thioether (sulfide) groups is 1. The molecule has 7 heteroatoms. The van der Waals surface area contributed by atoms with Crippen LogP contribution in [0.15, 0.2) is 23.1 Å². The van der Waals surface area contributed by atoms with Crippen molar-refractivity contribution in [3.05, 3.63) is 18.2 Å². The van der Waals surface area contributed by atoms with Crippen LogP contribution >= 0.6 is 11.8 Å². The highest BCUT2D eigenvalue weighted by Gasteiger charge is 2.18. The topological polar surface area (TPSA) is 81.4 Å². The number of nitrogens with two attached hydrogens (primary N) is 1. The minimum absolute atomic E-state index is 0.110. The van der Waals surface area contributed by atoms with Crippen LogP contribution < -0.4 is 15.2 Å². The van der Waals surface area contributed by atoms with Crippen LogP contribution in [0.25, 0.3) is 0 Å². The largest absolute Gasteiger partial charge is 0.495 e. The fourth-order valence-electron chi connectivity index (χ4n) is 1.57. The van der Waals surface area contributed by atoms with Gasteiger partial charge in [-0.2, -0.15) is 11.8 Å². The van der Waals surface area contributed by atoms with E-state index in [0.29, 0.717) is 11.4 Å². The van der Waals surface area contributed by atoms with E-state index in [1.807, 2.05) is 13.2 Å². The van der Waals surface area contributed by atoms with Crippen LogP contribution in [0.3, 0.4) is 0 Å². The van der Waals surface area contributed by atoms with Crippen molar-refractivity contribution < 1.29 is 13.2 Å². The second-order valence-corrected chi connectivity index (χ2v) is 6.91. The number of nitrogens with one attached hydrogen (secondary N) is 1. The molecule has 5 nitrogen and oxygen atoms in total. The third-order valence-corrected chi connectivity index (χ3v) is 4.85. The molecule has 0 aliphatic heterocycles. The Bertz CT molecular complexity index is 518. The first-order valence-corrected chi connectivity index (χ1v) is 8.73. The molecule has 0 aliphatic rings. The maximum atomic E-state index is 12.1. The summed E-state index contributed by atoms with van der Waals surface area (Å²) in [5.41, 5.74) is 6.03. The summed E-state index contributed by atoms with van der Waals surface area (Å²) >= 11 is 1.69. The van der Waals surface area contributed by atoms with Gasteiger partial charge in [-0.15, -0.1) is 0 Å². The van der Waals surface area contributed by atoms with Crippen LogP contribution in [-0.2, 0) is 10.0 Å². The Balaban J connectivity index is 2.85. The maximum absolute atomic E-state index is 12.1. The quantitative estimate of drug-likeness (QED) is 0.749. The van der Waals surface area contributed by atoms with E-state index in [9.17, 15) is 8.42 Å². The van der Waals surface area contributed by atoms with Gasteiger partial charge in [-0.05, 0) is 43.6 Å². The smallest absolute Gasteiger partial charge is 0.240 e. The van der Waals surface area contributed by atoms with Crippen LogP contribution in [0.4, 0.5) is 5.69 Å². The first-order valence-electron chi connectivity index (χ1n) is 5.85. The monoisotopic (exact) mass is 304 g/mol. The van der Waals surface area contributed by atoms with Crippen LogP contribution in [0.2, 0.25) is 0 Å². The lowest BCUT2D eigenvalue weighted by atomic mass is 10.3. The molecule has 0 spiro atoms. The molecule has 3 N–H and O–H groups in total. The van der Waals surface area contributed by atoms with Gasteiger partial charge in [-0.1, -0.05) is 0 Å². The fraction of sp³-hybridized carbons (Fsp3) is 0.500. The van der Waals surface area contributed by atoms with Gasteiger partial charge in [-0.3, -0.25) is 0 Å². The van der Waals surface area contributed by atoms with Crippen molar-refractivity contribution in [3.8, 4) is 5.75 Å². The second kappa shape index (κ2) is 7.02. The molecule has 0 saturated heterocycles. The number of benzene rings is 1. The number of anilines is 1. The second-order valence-electron chi connectivity index (χ2n) is 4.21. The highest BCUT2D eigenvalue weighted by Crippen LogP contribution is 2.24. The van der Waals surface area contributed by atoms with E-state index in [1.165, 1.54) is 19.2 Å². The first kappa shape index (κ1) is 16.1. The Morgan fingerprint density at radius 3 is 2.68 bits per heavy atom. The van der Waals surface area contributed by atoms with Gasteiger partial charge in [0.1, 0.15) is 5.75 Å². The summed E-state index contributed by atoms with van der Waals surface area (Å²) in [6, 6.07) is 4.33. The van der Waals surface area contributed by atoms with Crippen molar-refractivity contribution in [2.75, 3.05) is 24.9 Å². The standard InChI is InChI=1S/C12H20N2O3S2/c1-9(6-7-18-3)14-19(15,16)10-4-5-12(17-2)11(13)8-10/h4-5,8-9,14H,6-7,13H2,1-3H3. The average molecular weight is 304 g/mol. The van der Waals surface area contributed by atoms with Crippen LogP contribution in [0.5, 0.6) is 5.75 Å². The normalized spacial score (nSPS) is 13.2. The molecule has 1 atom stereocenters. The Labute approximate surface area is 119 Å². The van der Waals surface area contributed by atoms with Gasteiger partial charge in [0, 0.05) is 6.04 Å². The molecular formula is C12H20N2O3S2. The molecule has 0 radical (unpaired) electrons. The molecule has 1 aromatic rings. The number of hydrogen-bond donors (Lipinski definition) is 2. The van der Waals surface area contributed by atoms with E-state index >= 15 is 0 Å². The van der Waals surface area contributed by atoms with E-state index in [4.69, 9.17) is 10.5 Å². The Hall–Kier alpha value is -0.920. The fourth-order valence-corrected chi connectivity index (χ4v) is 3.47. The van der Waals surface area contributed by atoms with Crippen molar-refractivity contribution in [3.63, 3.8) is 0 Å². The predicted octanol–water partition coefficient (Wildman–Crippen LogP) is 1.70. The highest BCUT2D eigenvalue weighted by atomic mass is 32.2. The van der Waals surface area contributed by atoms with E-state index in [-0.39, 0.29) is 10.9 Å². The van der Waals surface area contributed by atoms with Gasteiger partial charge >= 0.3 is 0 Å². The molecule has 0 heterocycles. The summed E-state index contributed by atoms with van der Waals surface area (Å²) in [6.45, 7) is 1.85. The maximum Gasteiger partial charge on any atom is 0.240 e. The number of hydrogen-bond acceptors (Lipinski definition) is 5. The zero-order chi connectivity index (χ0) is 14.5. The van der Waals surface area contributed by atoms with Crippen LogP contribution in [0, 0.1) is 0 Å². The summed E-state index contributed by atoms with van der Waals surface area (Å²) < 4.78 is 31.9. The molecule has 0 aromatic heterocycles. The molecular weight excluding hydrogens is 284 g/mol. The first-order chi connectivity index (χ1) is 8.90. The van der Waals surface area contributed by atoms with Crippen LogP contribution in [0.1, 0.15) is 13.3 Å². The molecule has 0 saturated carbocycles. The molecule has 0 aliphatic carbocycles. The Morgan fingerprint density at radius 2 is 2.16 bits per heavy atom. The average Bonchev–Trinajstić information content (AvgIpc) is 2.35. The van der Waals surface area contributed by atoms with Gasteiger partial charge in [-0.25, -0.2) is 13.1 Å². The lowest BCUT2D eigenvalue weighted by molar-refractivity contribution is 0.416. The lowest BCUT2D eigenvalue weighted by Gasteiger charge is -2.14. The van der Waals surface area contributed by atoms with Crippen LogP contribution in [-0.4, -0.2) is 33.6 Å². The zero-order valence-electron chi connectivity index (χ0n) is 11.3. The van der Waals surface area contributed by atoms with E-state index in [1.54, 1.807) is 17.8 Å². The highest BCUT2D eigenvalue weighted by molar-refractivity contribution is 7.98. The Morgan fingerprint density at radius 1 is 1.47 bits per heavy atom. The number of ether oxygens (including phenoxy) is 1. The molecule has 1 unspecified atom stereocenters. The minimum atomic E-state index is -3.53. The summed E-state index contributed by atoms with van der Waals surface area (Å²) in [4.78, 5) is 0.154. The zero-order valence-corrected chi connectivity index (χ0v) is 13.0. The van der Waals surface area contributed by atoms with Gasteiger partial charge in [0.05, 0.1) is 17.7 Å². The number of sulfonamides is 1. The van der Waals surface area contributed by atoms with E-state index < -0.39 is 10.0 Å². The van der Waals surface area contributed by atoms with Crippen molar-refractivity contribution in [2.45, 2.75) is 24.3 Å². The molecule has 19 heavy (non-hydrogen) atoms. The van der Waals surface area contributed by atoms with Crippen molar-refractivity contribution in [1.29, 1.82) is 0 Å². The molecule has 0 bridgehead atoms. The number of methoxy groups -OCH3 is 1. The third-order valence-electron chi connectivity index (χ3n) is 2.62. The molecule has 1 aromatic carbocycles. The molecule has 0 amide bonds. The van der Waals surface area contributed by atoms with Gasteiger partial charge in [0.2, 0.25) is 10.0 Å². The van der Waals surface area contributed by atoms with Crippen molar-refractivity contribution in [1.82, 2.24) is 4.72 Å². The SMILES string of the molecule is COc1ccc(S(=O)(=O)NC(C)CCSC)cc1N. The minimum Gasteiger partial charge on any atom is -0.495 e. The van der Waals surface area contributed by atoms with E-state index in [2.05, 4.69) is 4.72 Å². The third kappa shape index (κ3) is 4.59. The number of nitrogen functional groups attached to an aromatic ring is 1. The van der Waals surface area contributed by atoms with E-state index in [0.717, 1.165) is 12.2 Å². The predicted molar refractivity (Wildman–Crippen MR) is 80.2 cm³/mol. The number of rotatable bonds is 7. The summed E-state index contributed by atoms with van der Waals surface area (Å²) in [5, 5.41) is 0. The molecule has 1 rings (SSSR count). The summed E-state index contributed by atoms with van der Waals surface area (Å²) in [6.07, 6.45) is 2.78. The van der Waals surface area contributed by atoms with Gasteiger partial charge in [0.25, 0.3) is 0 Å². The lowest BCUT2D eigenvalue weighted by Crippen LogP contribution is -2.33. The van der Waals surface area contributed by atoms with Gasteiger partial charge < -0.3 is 10.5 Å². The van der Waals surface area contributed by atoms with Crippen molar-refractivity contribution in [2.24, 2.45) is 0 Å². The van der Waals surface area contributed by atoms with Gasteiger partial charge in [0.15, 0.2) is 0 Å².